The Bertz CT molecular complexity index is 1270. The van der Waals surface area contributed by atoms with Gasteiger partial charge in [0.25, 0.3) is 0 Å². The van der Waals surface area contributed by atoms with Crippen LogP contribution in [0, 0.1) is 0 Å². The molecule has 10 heteroatoms. The Kier molecular flexibility index (Phi) is 11.8. The fourth-order valence-electron chi connectivity index (χ4n) is 3.98. The number of benzene rings is 3. The molecular formula is C27H35ClN4O4S. The second kappa shape index (κ2) is 14.6. The van der Waals surface area contributed by atoms with E-state index in [9.17, 15) is 18.0 Å². The molecule has 0 spiro atoms. The summed E-state index contributed by atoms with van der Waals surface area (Å²) in [5.41, 5.74) is 7.01. The maximum atomic E-state index is 12.9. The largest absolute Gasteiger partial charge is 0.354 e. The molecule has 0 unspecified atom stereocenters. The molecule has 37 heavy (non-hydrogen) atoms. The highest BCUT2D eigenvalue weighted by Gasteiger charge is 2.22. The van der Waals surface area contributed by atoms with E-state index < -0.39 is 16.1 Å². The van der Waals surface area contributed by atoms with Crippen molar-refractivity contribution >= 4 is 50.7 Å². The minimum Gasteiger partial charge on any atom is -0.354 e. The molecule has 1 atom stereocenters. The number of halogens is 1. The van der Waals surface area contributed by atoms with Gasteiger partial charge in [0, 0.05) is 25.9 Å². The highest BCUT2D eigenvalue weighted by atomic mass is 35.5. The fraction of sp³-hybridized carbons (Fsp3) is 0.333. The highest BCUT2D eigenvalue weighted by molar-refractivity contribution is 7.92. The van der Waals surface area contributed by atoms with Crippen LogP contribution in [-0.2, 0) is 26.0 Å². The van der Waals surface area contributed by atoms with Crippen LogP contribution in [0.3, 0.4) is 0 Å². The Labute approximate surface area is 225 Å². The van der Waals surface area contributed by atoms with Gasteiger partial charge in [0.05, 0.1) is 11.9 Å². The van der Waals surface area contributed by atoms with Crippen LogP contribution in [0.15, 0.2) is 72.8 Å². The number of hydrogen-bond donors (Lipinski definition) is 3. The average molecular weight is 547 g/mol. The van der Waals surface area contributed by atoms with E-state index in [0.717, 1.165) is 22.6 Å². The maximum Gasteiger partial charge on any atom is 0.242 e. The number of nitrogens with two attached hydrogens (primary N) is 1. The summed E-state index contributed by atoms with van der Waals surface area (Å²) in [6.45, 7) is 1.05. The Morgan fingerprint density at radius 3 is 2.30 bits per heavy atom. The van der Waals surface area contributed by atoms with Crippen molar-refractivity contribution in [1.29, 1.82) is 0 Å². The van der Waals surface area contributed by atoms with Crippen LogP contribution >= 0.6 is 12.4 Å². The van der Waals surface area contributed by atoms with E-state index in [1.165, 1.54) is 4.31 Å². The molecule has 0 aliphatic heterocycles. The minimum absolute atomic E-state index is 0. The SMILES string of the molecule is CS(=O)(=O)N(CCCC(=O)N[C@H](Cc1ccc2ccccc2c1)C(=O)NCCCN)c1ccccc1.Cl. The van der Waals surface area contributed by atoms with Crippen molar-refractivity contribution in [2.45, 2.75) is 31.7 Å². The van der Waals surface area contributed by atoms with Gasteiger partial charge in [-0.25, -0.2) is 8.42 Å². The molecule has 0 fully saturated rings. The van der Waals surface area contributed by atoms with Gasteiger partial charge in [-0.3, -0.25) is 13.9 Å². The molecule has 3 aromatic carbocycles. The standard InChI is InChI=1S/C27H34N4O4S.ClH/c1-36(34,35)31(24-11-3-2-4-12-24)18-7-13-26(32)30-25(27(33)29-17-8-16-28)20-21-14-15-22-9-5-6-10-23(22)19-21;/h2-6,9-12,14-15,19,25H,7-8,13,16-18,20,28H2,1H3,(H,29,33)(H,30,32);1H/t25-;/m1./s1. The predicted octanol–water partition coefficient (Wildman–Crippen LogP) is 3.00. The Hall–Kier alpha value is -3.14. The van der Waals surface area contributed by atoms with E-state index in [4.69, 9.17) is 5.73 Å². The molecule has 0 saturated carbocycles. The first kappa shape index (κ1) is 30.1. The molecular weight excluding hydrogens is 512 g/mol. The van der Waals surface area contributed by atoms with Crippen molar-refractivity contribution in [2.24, 2.45) is 5.73 Å². The smallest absolute Gasteiger partial charge is 0.242 e. The number of carbonyl (C=O) groups excluding carboxylic acids is 2. The van der Waals surface area contributed by atoms with Crippen molar-refractivity contribution in [3.8, 4) is 0 Å². The number of para-hydroxylation sites is 1. The Morgan fingerprint density at radius 1 is 0.946 bits per heavy atom. The second-order valence-corrected chi connectivity index (χ2v) is 10.6. The van der Waals surface area contributed by atoms with E-state index in [0.29, 0.717) is 38.0 Å². The van der Waals surface area contributed by atoms with Gasteiger partial charge in [0.1, 0.15) is 6.04 Å². The summed E-state index contributed by atoms with van der Waals surface area (Å²) in [4.78, 5) is 25.6. The lowest BCUT2D eigenvalue weighted by atomic mass is 10.0. The van der Waals surface area contributed by atoms with Crippen LogP contribution in [0.25, 0.3) is 10.8 Å². The number of amides is 2. The van der Waals surface area contributed by atoms with Crippen LogP contribution in [0.5, 0.6) is 0 Å². The Morgan fingerprint density at radius 2 is 1.62 bits per heavy atom. The van der Waals surface area contributed by atoms with Crippen LogP contribution in [0.1, 0.15) is 24.8 Å². The number of anilines is 1. The third-order valence-electron chi connectivity index (χ3n) is 5.80. The van der Waals surface area contributed by atoms with Gasteiger partial charge in [-0.2, -0.15) is 0 Å². The quantitative estimate of drug-likeness (QED) is 0.284. The molecule has 0 radical (unpaired) electrons. The molecule has 3 aromatic rings. The van der Waals surface area contributed by atoms with Gasteiger partial charge in [0.15, 0.2) is 0 Å². The first-order chi connectivity index (χ1) is 17.3. The number of nitrogens with one attached hydrogen (secondary N) is 2. The third-order valence-corrected chi connectivity index (χ3v) is 6.99. The fourth-order valence-corrected chi connectivity index (χ4v) is 4.94. The number of sulfonamides is 1. The van der Waals surface area contributed by atoms with E-state index in [1.807, 2.05) is 48.5 Å². The number of fused-ring (bicyclic) bond motifs is 1. The summed E-state index contributed by atoms with van der Waals surface area (Å²) in [6.07, 6.45) is 2.52. The highest BCUT2D eigenvalue weighted by Crippen LogP contribution is 2.18. The summed E-state index contributed by atoms with van der Waals surface area (Å²) in [7, 11) is -3.50. The van der Waals surface area contributed by atoms with Gasteiger partial charge in [-0.1, -0.05) is 60.7 Å². The van der Waals surface area contributed by atoms with Crippen molar-refractivity contribution in [2.75, 3.05) is 30.2 Å². The topological polar surface area (TPSA) is 122 Å². The van der Waals surface area contributed by atoms with Crippen LogP contribution in [0.2, 0.25) is 0 Å². The van der Waals surface area contributed by atoms with Crippen molar-refractivity contribution in [3.63, 3.8) is 0 Å². The number of nitrogens with zero attached hydrogens (tertiary/aromatic N) is 1. The van der Waals surface area contributed by atoms with Gasteiger partial charge in [0.2, 0.25) is 21.8 Å². The lowest BCUT2D eigenvalue weighted by molar-refractivity contribution is -0.129. The number of carbonyl (C=O) groups is 2. The first-order valence-electron chi connectivity index (χ1n) is 12.1. The van der Waals surface area contributed by atoms with Crippen molar-refractivity contribution in [1.82, 2.24) is 10.6 Å². The second-order valence-electron chi connectivity index (χ2n) is 8.71. The summed E-state index contributed by atoms with van der Waals surface area (Å²) in [6, 6.07) is 22.0. The molecule has 0 aliphatic rings. The summed E-state index contributed by atoms with van der Waals surface area (Å²) in [5.74, 6) is -0.580. The van der Waals surface area contributed by atoms with Crippen LogP contribution in [0.4, 0.5) is 5.69 Å². The summed E-state index contributed by atoms with van der Waals surface area (Å²) >= 11 is 0. The van der Waals surface area contributed by atoms with Crippen LogP contribution < -0.4 is 20.7 Å². The lowest BCUT2D eigenvalue weighted by Crippen LogP contribution is -2.48. The zero-order chi connectivity index (χ0) is 26.0. The first-order valence-corrected chi connectivity index (χ1v) is 13.9. The molecule has 0 saturated heterocycles. The maximum absolute atomic E-state index is 12.9. The van der Waals surface area contributed by atoms with Gasteiger partial charge in [-0.05, 0) is 47.9 Å². The molecule has 2 amide bonds. The molecule has 0 aromatic heterocycles. The molecule has 8 nitrogen and oxygen atoms in total. The van der Waals surface area contributed by atoms with E-state index in [1.54, 1.807) is 24.3 Å². The molecule has 0 heterocycles. The normalized spacial score (nSPS) is 11.8. The molecule has 200 valence electrons. The van der Waals surface area contributed by atoms with E-state index in [-0.39, 0.29) is 37.2 Å². The molecule has 3 rings (SSSR count). The summed E-state index contributed by atoms with van der Waals surface area (Å²) < 4.78 is 25.8. The predicted molar refractivity (Wildman–Crippen MR) is 151 cm³/mol. The van der Waals surface area contributed by atoms with Crippen LogP contribution in [-0.4, -0.2) is 52.2 Å². The van der Waals surface area contributed by atoms with Gasteiger partial charge in [-0.15, -0.1) is 12.4 Å². The summed E-state index contributed by atoms with van der Waals surface area (Å²) in [5, 5.41) is 7.84. The average Bonchev–Trinajstić information content (AvgIpc) is 2.86. The molecule has 0 aliphatic carbocycles. The number of hydrogen-bond acceptors (Lipinski definition) is 5. The monoisotopic (exact) mass is 546 g/mol. The van der Waals surface area contributed by atoms with Crippen molar-refractivity contribution in [3.05, 3.63) is 78.4 Å². The minimum atomic E-state index is -3.50. The van der Waals surface area contributed by atoms with E-state index in [2.05, 4.69) is 10.6 Å². The molecule has 0 bridgehead atoms. The number of rotatable bonds is 13. The lowest BCUT2D eigenvalue weighted by Gasteiger charge is -2.23. The zero-order valence-corrected chi connectivity index (χ0v) is 22.6. The zero-order valence-electron chi connectivity index (χ0n) is 20.9. The van der Waals surface area contributed by atoms with Gasteiger partial charge < -0.3 is 16.4 Å². The third kappa shape index (κ3) is 9.35. The van der Waals surface area contributed by atoms with E-state index >= 15 is 0 Å². The van der Waals surface area contributed by atoms with Crippen molar-refractivity contribution < 1.29 is 18.0 Å². The Balaban J connectivity index is 0.00000481. The van der Waals surface area contributed by atoms with Gasteiger partial charge >= 0.3 is 0 Å². The molecule has 4 N–H and O–H groups in total.